The summed E-state index contributed by atoms with van der Waals surface area (Å²) in [5.41, 5.74) is 2.66. The molecule has 5 nitrogen and oxygen atoms in total. The van der Waals surface area contributed by atoms with E-state index in [4.69, 9.17) is 0 Å². The smallest absolute Gasteiger partial charge is 0.355 e. The molecule has 1 aromatic heterocycles. The van der Waals surface area contributed by atoms with Crippen LogP contribution >= 0.6 is 0 Å². The third-order valence-corrected chi connectivity index (χ3v) is 6.10. The first kappa shape index (κ1) is 22.9. The molecule has 0 aliphatic carbocycles. The molecule has 4 aromatic rings. The van der Waals surface area contributed by atoms with E-state index in [9.17, 15) is 18.0 Å². The quantitative estimate of drug-likeness (QED) is 0.396. The first-order valence-corrected chi connectivity index (χ1v) is 11.3. The Labute approximate surface area is 200 Å². The first-order chi connectivity index (χ1) is 16.9. The number of alkyl halides is 3. The molecule has 178 valence electrons. The third kappa shape index (κ3) is 4.83. The van der Waals surface area contributed by atoms with Crippen molar-refractivity contribution in [1.29, 1.82) is 0 Å². The Kier molecular flexibility index (Phi) is 6.13. The summed E-state index contributed by atoms with van der Waals surface area (Å²) in [4.78, 5) is 18.9. The van der Waals surface area contributed by atoms with Gasteiger partial charge in [0, 0.05) is 54.7 Å². The van der Waals surface area contributed by atoms with Crippen molar-refractivity contribution in [3.05, 3.63) is 90.1 Å². The molecular formula is C27H23F3N4O. The van der Waals surface area contributed by atoms with E-state index < -0.39 is 11.7 Å². The van der Waals surface area contributed by atoms with Crippen LogP contribution in [0.4, 0.5) is 24.5 Å². The molecule has 3 aromatic carbocycles. The highest BCUT2D eigenvalue weighted by Gasteiger charge is 2.33. The van der Waals surface area contributed by atoms with Crippen LogP contribution in [-0.4, -0.2) is 42.0 Å². The summed E-state index contributed by atoms with van der Waals surface area (Å²) in [6.07, 6.45) is -2.83. The normalized spacial score (nSPS) is 14.2. The fourth-order valence-corrected chi connectivity index (χ4v) is 4.31. The van der Waals surface area contributed by atoms with Crippen molar-refractivity contribution in [2.24, 2.45) is 0 Å². The number of carbonyl (C=O) groups excluding carboxylic acids is 1. The molecule has 0 spiro atoms. The minimum absolute atomic E-state index is 0.0130. The molecule has 8 heteroatoms. The predicted molar refractivity (Wildman–Crippen MR) is 131 cm³/mol. The standard InChI is InChI=1S/C27H23F3N4O/c28-27(29,30)23-4-2-1-3-21(23)19-7-10-22-24(11-12-32-25(22)17-19)33-20-8-5-18(6-9-20)26(35)34-15-13-31-14-16-34/h1-12,17,31H,13-16H2,(H,32,33). The third-order valence-electron chi connectivity index (χ3n) is 6.10. The number of anilines is 2. The van der Waals surface area contributed by atoms with Crippen LogP contribution in [0.15, 0.2) is 79.0 Å². The summed E-state index contributed by atoms with van der Waals surface area (Å²) in [7, 11) is 0. The molecule has 0 radical (unpaired) electrons. The van der Waals surface area contributed by atoms with Gasteiger partial charge in [0.2, 0.25) is 0 Å². The summed E-state index contributed by atoms with van der Waals surface area (Å²) in [5.74, 6) is 0.0130. The number of amides is 1. The Hall–Kier alpha value is -3.91. The lowest BCUT2D eigenvalue weighted by molar-refractivity contribution is -0.137. The molecule has 1 aliphatic heterocycles. The maximum absolute atomic E-state index is 13.5. The summed E-state index contributed by atoms with van der Waals surface area (Å²) >= 11 is 0. The largest absolute Gasteiger partial charge is 0.417 e. The van der Waals surface area contributed by atoms with Crippen molar-refractivity contribution in [3.63, 3.8) is 0 Å². The van der Waals surface area contributed by atoms with Gasteiger partial charge in [-0.05, 0) is 53.6 Å². The number of carbonyl (C=O) groups is 1. The number of rotatable bonds is 4. The van der Waals surface area contributed by atoms with E-state index in [1.807, 2.05) is 23.1 Å². The van der Waals surface area contributed by atoms with Crippen LogP contribution in [-0.2, 0) is 6.18 Å². The number of fused-ring (bicyclic) bond motifs is 1. The second-order valence-corrected chi connectivity index (χ2v) is 8.38. The van der Waals surface area contributed by atoms with Gasteiger partial charge in [0.05, 0.1) is 11.1 Å². The number of nitrogens with zero attached hydrogens (tertiary/aromatic N) is 2. The average Bonchev–Trinajstić information content (AvgIpc) is 2.88. The second kappa shape index (κ2) is 9.38. The highest BCUT2D eigenvalue weighted by atomic mass is 19.4. The number of aromatic nitrogens is 1. The van der Waals surface area contributed by atoms with Gasteiger partial charge in [0.15, 0.2) is 0 Å². The molecule has 0 bridgehead atoms. The zero-order valence-corrected chi connectivity index (χ0v) is 18.8. The molecule has 0 saturated carbocycles. The van der Waals surface area contributed by atoms with Crippen molar-refractivity contribution in [3.8, 4) is 11.1 Å². The SMILES string of the molecule is O=C(c1ccc(Nc2ccnc3cc(-c4ccccc4C(F)(F)F)ccc23)cc1)N1CCNCC1. The van der Waals surface area contributed by atoms with Crippen LogP contribution in [0, 0.1) is 0 Å². The number of hydrogen-bond donors (Lipinski definition) is 2. The fourth-order valence-electron chi connectivity index (χ4n) is 4.31. The van der Waals surface area contributed by atoms with E-state index >= 15 is 0 Å². The Balaban J connectivity index is 1.40. The summed E-state index contributed by atoms with van der Waals surface area (Å²) in [6.45, 7) is 2.97. The molecular weight excluding hydrogens is 453 g/mol. The van der Waals surface area contributed by atoms with Gasteiger partial charge >= 0.3 is 6.18 Å². The van der Waals surface area contributed by atoms with Crippen molar-refractivity contribution in [2.45, 2.75) is 6.18 Å². The van der Waals surface area contributed by atoms with Gasteiger partial charge in [0.25, 0.3) is 5.91 Å². The molecule has 5 rings (SSSR count). The van der Waals surface area contributed by atoms with Gasteiger partial charge < -0.3 is 15.5 Å². The summed E-state index contributed by atoms with van der Waals surface area (Å²) in [6, 6.07) is 19.7. The number of benzene rings is 3. The lowest BCUT2D eigenvalue weighted by Gasteiger charge is -2.27. The highest BCUT2D eigenvalue weighted by Crippen LogP contribution is 2.38. The van der Waals surface area contributed by atoms with Gasteiger partial charge in [-0.3, -0.25) is 9.78 Å². The van der Waals surface area contributed by atoms with E-state index in [0.717, 1.165) is 35.9 Å². The van der Waals surface area contributed by atoms with Gasteiger partial charge in [-0.15, -0.1) is 0 Å². The number of pyridine rings is 1. The van der Waals surface area contributed by atoms with E-state index in [1.54, 1.807) is 42.6 Å². The zero-order valence-electron chi connectivity index (χ0n) is 18.8. The maximum Gasteiger partial charge on any atom is 0.417 e. The van der Waals surface area contributed by atoms with Crippen molar-refractivity contribution < 1.29 is 18.0 Å². The number of hydrogen-bond acceptors (Lipinski definition) is 4. The van der Waals surface area contributed by atoms with Crippen molar-refractivity contribution in [2.75, 3.05) is 31.5 Å². The Morgan fingerprint density at radius 2 is 1.69 bits per heavy atom. The molecule has 2 N–H and O–H groups in total. The molecule has 0 atom stereocenters. The van der Waals surface area contributed by atoms with Crippen LogP contribution in [0.1, 0.15) is 15.9 Å². The molecule has 0 unspecified atom stereocenters. The Morgan fingerprint density at radius 3 is 2.43 bits per heavy atom. The summed E-state index contributed by atoms with van der Waals surface area (Å²) < 4.78 is 40.5. The summed E-state index contributed by atoms with van der Waals surface area (Å²) in [5, 5.41) is 7.35. The van der Waals surface area contributed by atoms with E-state index in [2.05, 4.69) is 15.6 Å². The van der Waals surface area contributed by atoms with Crippen molar-refractivity contribution in [1.82, 2.24) is 15.2 Å². The molecule has 35 heavy (non-hydrogen) atoms. The van der Waals surface area contributed by atoms with E-state index in [-0.39, 0.29) is 11.5 Å². The lowest BCUT2D eigenvalue weighted by Crippen LogP contribution is -2.46. The maximum atomic E-state index is 13.5. The number of halogens is 3. The van der Waals surface area contributed by atoms with Gasteiger partial charge in [-0.2, -0.15) is 13.2 Å². The van der Waals surface area contributed by atoms with Gasteiger partial charge in [-0.1, -0.05) is 30.3 Å². The van der Waals surface area contributed by atoms with Gasteiger partial charge in [-0.25, -0.2) is 0 Å². The molecule has 2 heterocycles. The minimum Gasteiger partial charge on any atom is -0.355 e. The minimum atomic E-state index is -4.44. The predicted octanol–water partition coefficient (Wildman–Crippen LogP) is 5.71. The monoisotopic (exact) mass is 476 g/mol. The zero-order chi connectivity index (χ0) is 24.4. The van der Waals surface area contributed by atoms with E-state index in [0.29, 0.717) is 29.7 Å². The van der Waals surface area contributed by atoms with Crippen molar-refractivity contribution >= 4 is 28.2 Å². The molecule has 1 aliphatic rings. The van der Waals surface area contributed by atoms with E-state index in [1.165, 1.54) is 12.1 Å². The highest BCUT2D eigenvalue weighted by molar-refractivity contribution is 5.97. The number of nitrogens with one attached hydrogen (secondary N) is 2. The van der Waals surface area contributed by atoms with Gasteiger partial charge in [0.1, 0.15) is 0 Å². The van der Waals surface area contributed by atoms with Crippen LogP contribution < -0.4 is 10.6 Å². The molecule has 1 saturated heterocycles. The van der Waals surface area contributed by atoms with Crippen LogP contribution in [0.2, 0.25) is 0 Å². The first-order valence-electron chi connectivity index (χ1n) is 11.3. The number of piperazine rings is 1. The fraction of sp³-hybridized carbons (Fsp3) is 0.185. The Bertz CT molecular complexity index is 1360. The topological polar surface area (TPSA) is 57.3 Å². The average molecular weight is 477 g/mol. The lowest BCUT2D eigenvalue weighted by atomic mass is 9.98. The Morgan fingerprint density at radius 1 is 0.943 bits per heavy atom. The molecule has 1 fully saturated rings. The van der Waals surface area contributed by atoms with Crippen LogP contribution in [0.3, 0.4) is 0 Å². The molecule has 1 amide bonds. The van der Waals surface area contributed by atoms with Crippen LogP contribution in [0.5, 0.6) is 0 Å². The second-order valence-electron chi connectivity index (χ2n) is 8.38. The van der Waals surface area contributed by atoms with Crippen LogP contribution in [0.25, 0.3) is 22.0 Å².